The molecule has 0 atom stereocenters. The first kappa shape index (κ1) is 21.8. The summed E-state index contributed by atoms with van der Waals surface area (Å²) in [6.07, 6.45) is 0. The third-order valence-corrected chi connectivity index (χ3v) is 9.11. The summed E-state index contributed by atoms with van der Waals surface area (Å²) in [5, 5.41) is 5.10. The largest absolute Gasteiger partial charge is 0.331 e. The highest BCUT2D eigenvalue weighted by Crippen LogP contribution is 2.55. The molecule has 6 heteroatoms. The van der Waals surface area contributed by atoms with Gasteiger partial charge < -0.3 is 5.32 Å². The van der Waals surface area contributed by atoms with E-state index in [2.05, 4.69) is 72.7 Å². The fourth-order valence-corrected chi connectivity index (χ4v) is 7.64. The zero-order valence-corrected chi connectivity index (χ0v) is 18.5. The number of para-hydroxylation sites is 1. The van der Waals surface area contributed by atoms with Crippen molar-refractivity contribution >= 4 is 35.7 Å². The van der Waals surface area contributed by atoms with Crippen molar-refractivity contribution in [1.29, 1.82) is 0 Å². The van der Waals surface area contributed by atoms with Gasteiger partial charge in [-0.2, -0.15) is 0 Å². The molecule has 0 radical (unpaired) electrons. The quantitative estimate of drug-likeness (QED) is 0.472. The molecule has 0 saturated heterocycles. The van der Waals surface area contributed by atoms with E-state index in [1.807, 2.05) is 30.3 Å². The molecule has 0 heterocycles. The van der Waals surface area contributed by atoms with Crippen LogP contribution in [0.2, 0.25) is 0 Å². The summed E-state index contributed by atoms with van der Waals surface area (Å²) < 4.78 is 10.2. The van der Waals surface area contributed by atoms with E-state index in [9.17, 15) is 0 Å². The molecule has 2 aromatic carbocycles. The molecule has 0 aliphatic carbocycles. The SMILES string of the molecule is CCN(CC)P(=NC(=S)Nc1ccccc1)(c1ccccc1)N(CC)CC. The van der Waals surface area contributed by atoms with Crippen LogP contribution in [0.5, 0.6) is 0 Å². The predicted octanol–water partition coefficient (Wildman–Crippen LogP) is 5.42. The van der Waals surface area contributed by atoms with Gasteiger partial charge in [0.25, 0.3) is 0 Å². The zero-order valence-electron chi connectivity index (χ0n) is 16.8. The van der Waals surface area contributed by atoms with Crippen LogP contribution in [-0.4, -0.2) is 40.6 Å². The molecule has 0 spiro atoms. The van der Waals surface area contributed by atoms with Crippen LogP contribution in [-0.2, 0) is 0 Å². The fraction of sp³-hybridized carbons (Fsp3) is 0.381. The number of nitrogens with one attached hydrogen (secondary N) is 1. The van der Waals surface area contributed by atoms with Crippen LogP contribution >= 0.6 is 19.6 Å². The summed E-state index contributed by atoms with van der Waals surface area (Å²) in [6, 6.07) is 20.7. The maximum atomic E-state index is 5.71. The predicted molar refractivity (Wildman–Crippen MR) is 124 cm³/mol. The number of thiocarbonyl (C=S) groups is 1. The van der Waals surface area contributed by atoms with Crippen molar-refractivity contribution in [3.05, 3.63) is 60.7 Å². The molecule has 146 valence electrons. The third-order valence-electron chi connectivity index (χ3n) is 4.61. The summed E-state index contributed by atoms with van der Waals surface area (Å²) >= 11 is 5.71. The lowest BCUT2D eigenvalue weighted by Crippen LogP contribution is -2.38. The van der Waals surface area contributed by atoms with Crippen molar-refractivity contribution in [3.8, 4) is 0 Å². The topological polar surface area (TPSA) is 30.9 Å². The molecular weight excluding hydrogens is 371 g/mol. The maximum absolute atomic E-state index is 5.71. The smallest absolute Gasteiger partial charge is 0.198 e. The summed E-state index contributed by atoms with van der Waals surface area (Å²) in [4.78, 5) is 0. The molecule has 27 heavy (non-hydrogen) atoms. The van der Waals surface area contributed by atoms with Crippen molar-refractivity contribution in [2.24, 2.45) is 4.74 Å². The van der Waals surface area contributed by atoms with E-state index in [1.54, 1.807) is 0 Å². The number of hydrogen-bond donors (Lipinski definition) is 1. The highest BCUT2D eigenvalue weighted by molar-refractivity contribution is 7.81. The van der Waals surface area contributed by atoms with Gasteiger partial charge in [0, 0.05) is 37.2 Å². The molecule has 0 amide bonds. The first-order valence-electron chi connectivity index (χ1n) is 9.67. The first-order chi connectivity index (χ1) is 13.1. The van der Waals surface area contributed by atoms with Crippen molar-refractivity contribution in [2.75, 3.05) is 31.5 Å². The molecule has 4 nitrogen and oxygen atoms in total. The van der Waals surface area contributed by atoms with Crippen LogP contribution in [0.4, 0.5) is 5.69 Å². The Kier molecular flexibility index (Phi) is 8.65. The second-order valence-corrected chi connectivity index (χ2v) is 9.45. The molecule has 0 fully saturated rings. The van der Waals surface area contributed by atoms with Crippen LogP contribution < -0.4 is 10.6 Å². The van der Waals surface area contributed by atoms with Gasteiger partial charge in [0.05, 0.1) is 0 Å². The van der Waals surface area contributed by atoms with Gasteiger partial charge >= 0.3 is 0 Å². The number of nitrogens with zero attached hydrogens (tertiary/aromatic N) is 3. The second kappa shape index (κ2) is 10.7. The lowest BCUT2D eigenvalue weighted by molar-refractivity contribution is 0.421. The van der Waals surface area contributed by atoms with Gasteiger partial charge in [0.1, 0.15) is 7.36 Å². The Balaban J connectivity index is 2.63. The average molecular weight is 403 g/mol. The van der Waals surface area contributed by atoms with Crippen molar-refractivity contribution in [3.63, 3.8) is 0 Å². The molecule has 0 aromatic heterocycles. The fourth-order valence-electron chi connectivity index (χ4n) is 3.35. The third kappa shape index (κ3) is 5.05. The number of benzene rings is 2. The molecule has 0 unspecified atom stereocenters. The minimum absolute atomic E-state index is 0.539. The van der Waals surface area contributed by atoms with E-state index in [-0.39, 0.29) is 0 Å². The standard InChI is InChI=1S/C21H31N4PS/c1-5-24(6-2)26(25(7-3)8-4,20-17-13-10-14-18-20)23-21(27)22-19-15-11-9-12-16-19/h9-18H,5-8H2,1-4H3,(H,22,27). The van der Waals surface area contributed by atoms with Gasteiger partial charge in [0.15, 0.2) is 5.11 Å². The van der Waals surface area contributed by atoms with E-state index in [1.165, 1.54) is 5.30 Å². The lowest BCUT2D eigenvalue weighted by atomic mass is 10.3. The Labute approximate surface area is 169 Å². The molecule has 1 N–H and O–H groups in total. The maximum Gasteiger partial charge on any atom is 0.198 e. The highest BCUT2D eigenvalue weighted by Gasteiger charge is 2.34. The number of hydrogen-bond acceptors (Lipinski definition) is 1. The number of rotatable bonds is 8. The van der Waals surface area contributed by atoms with Gasteiger partial charge in [-0.3, -0.25) is 9.34 Å². The van der Waals surface area contributed by atoms with E-state index < -0.39 is 7.36 Å². The van der Waals surface area contributed by atoms with Crippen LogP contribution in [0, 0.1) is 0 Å². The Morgan fingerprint density at radius 3 is 1.70 bits per heavy atom. The summed E-state index contributed by atoms with van der Waals surface area (Å²) in [7, 11) is -2.17. The Bertz CT molecular complexity index is 740. The minimum Gasteiger partial charge on any atom is -0.331 e. The van der Waals surface area contributed by atoms with Gasteiger partial charge in [-0.15, -0.1) is 0 Å². The normalized spacial score (nSPS) is 11.6. The van der Waals surface area contributed by atoms with Crippen molar-refractivity contribution in [1.82, 2.24) is 9.34 Å². The van der Waals surface area contributed by atoms with Crippen LogP contribution in [0.1, 0.15) is 27.7 Å². The van der Waals surface area contributed by atoms with E-state index in [0.29, 0.717) is 5.11 Å². The summed E-state index contributed by atoms with van der Waals surface area (Å²) in [6.45, 7) is 12.5. The van der Waals surface area contributed by atoms with Gasteiger partial charge in [0.2, 0.25) is 0 Å². The molecule has 0 saturated carbocycles. The molecule has 0 bridgehead atoms. The second-order valence-electron chi connectivity index (χ2n) is 6.08. The molecular formula is C21H31N4PS. The van der Waals surface area contributed by atoms with E-state index >= 15 is 0 Å². The average Bonchev–Trinajstić information content (AvgIpc) is 2.70. The zero-order chi connectivity index (χ0) is 19.7. The van der Waals surface area contributed by atoms with Crippen molar-refractivity contribution in [2.45, 2.75) is 27.7 Å². The van der Waals surface area contributed by atoms with Crippen LogP contribution in [0.3, 0.4) is 0 Å². The van der Waals surface area contributed by atoms with Crippen molar-refractivity contribution < 1.29 is 0 Å². The van der Waals surface area contributed by atoms with E-state index in [0.717, 1.165) is 31.9 Å². The molecule has 2 rings (SSSR count). The minimum atomic E-state index is -2.17. The highest BCUT2D eigenvalue weighted by atomic mass is 32.1. The Hall–Kier alpha value is -1.52. The van der Waals surface area contributed by atoms with Gasteiger partial charge in [-0.05, 0) is 24.4 Å². The van der Waals surface area contributed by atoms with Gasteiger partial charge in [-0.1, -0.05) is 76.2 Å². The van der Waals surface area contributed by atoms with Crippen LogP contribution in [0.15, 0.2) is 65.4 Å². The molecule has 0 aliphatic heterocycles. The summed E-state index contributed by atoms with van der Waals surface area (Å²) in [5.41, 5.74) is 0.969. The summed E-state index contributed by atoms with van der Waals surface area (Å²) in [5.74, 6) is 0. The van der Waals surface area contributed by atoms with Crippen LogP contribution in [0.25, 0.3) is 0 Å². The lowest BCUT2D eigenvalue weighted by Gasteiger charge is -2.43. The van der Waals surface area contributed by atoms with Gasteiger partial charge in [-0.25, -0.2) is 4.74 Å². The first-order valence-corrected chi connectivity index (χ1v) is 11.7. The monoisotopic (exact) mass is 402 g/mol. The number of anilines is 1. The van der Waals surface area contributed by atoms with E-state index in [4.69, 9.17) is 17.0 Å². The Morgan fingerprint density at radius 1 is 0.815 bits per heavy atom. The molecule has 2 aromatic rings. The Morgan fingerprint density at radius 2 is 1.26 bits per heavy atom. The molecule has 0 aliphatic rings.